The number of benzene rings is 1. The van der Waals surface area contributed by atoms with E-state index in [0.29, 0.717) is 0 Å². The van der Waals surface area contributed by atoms with E-state index in [0.717, 1.165) is 6.42 Å². The van der Waals surface area contributed by atoms with Crippen molar-refractivity contribution in [3.8, 4) is 0 Å². The second-order valence-electron chi connectivity index (χ2n) is 2.65. The van der Waals surface area contributed by atoms with Gasteiger partial charge in [-0.2, -0.15) is 0 Å². The van der Waals surface area contributed by atoms with Crippen molar-refractivity contribution >= 4 is 5.57 Å². The summed E-state index contributed by atoms with van der Waals surface area (Å²) in [6.07, 6.45) is 4.96. The van der Waals surface area contributed by atoms with Crippen LogP contribution in [0.3, 0.4) is 0 Å². The van der Waals surface area contributed by atoms with E-state index in [1.54, 1.807) is 0 Å². The first-order valence-electron chi connectivity index (χ1n) is 4.25. The summed E-state index contributed by atoms with van der Waals surface area (Å²) in [6, 6.07) is 10.4. The van der Waals surface area contributed by atoms with Crippen LogP contribution in [0.1, 0.15) is 18.9 Å². The summed E-state index contributed by atoms with van der Waals surface area (Å²) in [4.78, 5) is 0. The van der Waals surface area contributed by atoms with E-state index in [1.807, 2.05) is 12.1 Å². The number of hydrogen-bond donors (Lipinski definition) is 0. The van der Waals surface area contributed by atoms with Crippen LogP contribution < -0.4 is 0 Å². The lowest BCUT2D eigenvalue weighted by atomic mass is 10.0. The Morgan fingerprint density at radius 2 is 2.00 bits per heavy atom. The summed E-state index contributed by atoms with van der Waals surface area (Å²) in [7, 11) is 0. The third-order valence-corrected chi connectivity index (χ3v) is 1.84. The topological polar surface area (TPSA) is 0 Å². The van der Waals surface area contributed by atoms with E-state index in [2.05, 4.69) is 43.8 Å². The van der Waals surface area contributed by atoms with Gasteiger partial charge in [-0.1, -0.05) is 56.0 Å². The standard InChI is InChI=1S/C12H14/c1-3-8-11(4-2)12-9-6-5-7-10-12/h3,5-10H,1,4H2,2H3/b11-8+. The second-order valence-corrected chi connectivity index (χ2v) is 2.65. The molecule has 0 aromatic heterocycles. The smallest absolute Gasteiger partial charge is 0.0225 e. The van der Waals surface area contributed by atoms with Crippen molar-refractivity contribution in [1.29, 1.82) is 0 Å². The van der Waals surface area contributed by atoms with Gasteiger partial charge in [-0.15, -0.1) is 0 Å². The molecule has 0 bridgehead atoms. The summed E-state index contributed by atoms with van der Waals surface area (Å²) in [6.45, 7) is 5.85. The maximum absolute atomic E-state index is 3.70. The maximum Gasteiger partial charge on any atom is -0.0225 e. The molecule has 0 radical (unpaired) electrons. The van der Waals surface area contributed by atoms with Crippen LogP contribution in [0.15, 0.2) is 49.1 Å². The van der Waals surface area contributed by atoms with Gasteiger partial charge in [-0.25, -0.2) is 0 Å². The maximum atomic E-state index is 3.70. The van der Waals surface area contributed by atoms with Gasteiger partial charge in [-0.3, -0.25) is 0 Å². The molecule has 0 heterocycles. The zero-order valence-electron chi connectivity index (χ0n) is 7.46. The van der Waals surface area contributed by atoms with Gasteiger partial charge in [0.25, 0.3) is 0 Å². The van der Waals surface area contributed by atoms with Crippen LogP contribution in [0.5, 0.6) is 0 Å². The van der Waals surface area contributed by atoms with Gasteiger partial charge in [0.2, 0.25) is 0 Å². The molecule has 0 saturated carbocycles. The van der Waals surface area contributed by atoms with Gasteiger partial charge in [0.1, 0.15) is 0 Å². The van der Waals surface area contributed by atoms with Gasteiger partial charge in [-0.05, 0) is 17.6 Å². The SMILES string of the molecule is C=C/C=C(\CC)c1ccccc1. The van der Waals surface area contributed by atoms with Crippen molar-refractivity contribution in [3.05, 3.63) is 54.6 Å². The summed E-state index contributed by atoms with van der Waals surface area (Å²) in [5, 5.41) is 0. The molecular weight excluding hydrogens is 144 g/mol. The molecule has 0 spiro atoms. The highest BCUT2D eigenvalue weighted by atomic mass is 14.0. The molecule has 1 aromatic rings. The molecule has 0 atom stereocenters. The fourth-order valence-corrected chi connectivity index (χ4v) is 1.21. The monoisotopic (exact) mass is 158 g/mol. The van der Waals surface area contributed by atoms with Crippen molar-refractivity contribution in [2.75, 3.05) is 0 Å². The van der Waals surface area contributed by atoms with Gasteiger partial charge in [0, 0.05) is 0 Å². The first-order chi connectivity index (χ1) is 5.88. The van der Waals surface area contributed by atoms with E-state index in [9.17, 15) is 0 Å². The summed E-state index contributed by atoms with van der Waals surface area (Å²) in [5.74, 6) is 0. The molecule has 0 aliphatic rings. The Morgan fingerprint density at radius 1 is 1.33 bits per heavy atom. The predicted molar refractivity (Wildman–Crippen MR) is 54.9 cm³/mol. The summed E-state index contributed by atoms with van der Waals surface area (Å²) in [5.41, 5.74) is 2.63. The van der Waals surface area contributed by atoms with Crippen LogP contribution in [0, 0.1) is 0 Å². The quantitative estimate of drug-likeness (QED) is 0.589. The van der Waals surface area contributed by atoms with Crippen LogP contribution in [-0.2, 0) is 0 Å². The van der Waals surface area contributed by atoms with Crippen LogP contribution in [0.25, 0.3) is 5.57 Å². The van der Waals surface area contributed by atoms with Crippen molar-refractivity contribution in [3.63, 3.8) is 0 Å². The third-order valence-electron chi connectivity index (χ3n) is 1.84. The van der Waals surface area contributed by atoms with Crippen LogP contribution in [0.4, 0.5) is 0 Å². The molecule has 0 nitrogen and oxygen atoms in total. The van der Waals surface area contributed by atoms with E-state index in [4.69, 9.17) is 0 Å². The van der Waals surface area contributed by atoms with E-state index in [-0.39, 0.29) is 0 Å². The van der Waals surface area contributed by atoms with Gasteiger partial charge in [0.05, 0.1) is 0 Å². The number of rotatable bonds is 3. The Morgan fingerprint density at radius 3 is 2.50 bits per heavy atom. The highest BCUT2D eigenvalue weighted by Gasteiger charge is 1.94. The zero-order valence-corrected chi connectivity index (χ0v) is 7.46. The molecule has 0 fully saturated rings. The lowest BCUT2D eigenvalue weighted by Crippen LogP contribution is -1.80. The van der Waals surface area contributed by atoms with Crippen LogP contribution in [0.2, 0.25) is 0 Å². The van der Waals surface area contributed by atoms with E-state index >= 15 is 0 Å². The molecule has 0 N–H and O–H groups in total. The Kier molecular flexibility index (Phi) is 3.34. The lowest BCUT2D eigenvalue weighted by molar-refractivity contribution is 1.24. The second kappa shape index (κ2) is 4.55. The van der Waals surface area contributed by atoms with Crippen LogP contribution in [-0.4, -0.2) is 0 Å². The molecule has 0 saturated heterocycles. The minimum atomic E-state index is 1.05. The largest absolute Gasteiger partial charge is 0.0991 e. The Bertz CT molecular complexity index is 267. The molecule has 0 unspecified atom stereocenters. The number of allylic oxidation sites excluding steroid dienone is 3. The van der Waals surface area contributed by atoms with E-state index in [1.165, 1.54) is 11.1 Å². The summed E-state index contributed by atoms with van der Waals surface area (Å²) >= 11 is 0. The molecule has 0 aliphatic heterocycles. The third kappa shape index (κ3) is 2.09. The fraction of sp³-hybridized carbons (Fsp3) is 0.167. The normalized spacial score (nSPS) is 11.2. The molecule has 12 heavy (non-hydrogen) atoms. The highest BCUT2D eigenvalue weighted by Crippen LogP contribution is 2.16. The average molecular weight is 158 g/mol. The first kappa shape index (κ1) is 8.79. The zero-order chi connectivity index (χ0) is 8.81. The highest BCUT2D eigenvalue weighted by molar-refractivity contribution is 5.66. The Balaban J connectivity index is 2.95. The first-order valence-corrected chi connectivity index (χ1v) is 4.25. The molecule has 1 rings (SSSR count). The molecule has 0 amide bonds. The fourth-order valence-electron chi connectivity index (χ4n) is 1.21. The summed E-state index contributed by atoms with van der Waals surface area (Å²) < 4.78 is 0. The number of hydrogen-bond acceptors (Lipinski definition) is 0. The minimum absolute atomic E-state index is 1.05. The van der Waals surface area contributed by atoms with Crippen molar-refractivity contribution in [2.45, 2.75) is 13.3 Å². The molecule has 0 aliphatic carbocycles. The van der Waals surface area contributed by atoms with Crippen LogP contribution >= 0.6 is 0 Å². The van der Waals surface area contributed by atoms with Gasteiger partial charge < -0.3 is 0 Å². The average Bonchev–Trinajstić information content (AvgIpc) is 2.15. The molecule has 62 valence electrons. The molecule has 0 heteroatoms. The minimum Gasteiger partial charge on any atom is -0.0991 e. The van der Waals surface area contributed by atoms with E-state index < -0.39 is 0 Å². The Labute approximate surface area is 74.2 Å². The lowest BCUT2D eigenvalue weighted by Gasteiger charge is -2.02. The Hall–Kier alpha value is -1.30. The van der Waals surface area contributed by atoms with Gasteiger partial charge in [0.15, 0.2) is 0 Å². The predicted octanol–water partition coefficient (Wildman–Crippen LogP) is 3.67. The molecule has 1 aromatic carbocycles. The van der Waals surface area contributed by atoms with Gasteiger partial charge >= 0.3 is 0 Å². The van der Waals surface area contributed by atoms with Crippen molar-refractivity contribution in [1.82, 2.24) is 0 Å². The van der Waals surface area contributed by atoms with Crippen molar-refractivity contribution in [2.24, 2.45) is 0 Å². The van der Waals surface area contributed by atoms with Crippen molar-refractivity contribution < 1.29 is 0 Å². The molecular formula is C12H14.